The molecule has 2 fully saturated rings. The van der Waals surface area contributed by atoms with Crippen molar-refractivity contribution in [1.82, 2.24) is 10.2 Å². The Bertz CT molecular complexity index is 393. The lowest BCUT2D eigenvalue weighted by Crippen LogP contribution is -2.58. The number of nitrogens with one attached hydrogen (secondary N) is 1. The standard InChI is InChI=1S/C16H29N3O2/c1-10(2)15(17)16(21)18-13-6-4-5-7-14(13)19(11(3)20)12-8-9-12/h10,12-15H,4-9,17H2,1-3H3,(H,18,21)/t13-,14+,15-/m0/s1. The maximum absolute atomic E-state index is 12.2. The van der Waals surface area contributed by atoms with E-state index < -0.39 is 6.04 Å². The Morgan fingerprint density at radius 1 is 1.14 bits per heavy atom. The predicted octanol–water partition coefficient (Wildman–Crippen LogP) is 1.41. The maximum atomic E-state index is 12.2. The van der Waals surface area contributed by atoms with E-state index in [0.29, 0.717) is 6.04 Å². The molecule has 2 amide bonds. The molecule has 2 saturated carbocycles. The molecular formula is C16H29N3O2. The zero-order valence-corrected chi connectivity index (χ0v) is 13.5. The number of hydrogen-bond acceptors (Lipinski definition) is 3. The Hall–Kier alpha value is -1.10. The Labute approximate surface area is 127 Å². The molecule has 2 aliphatic rings. The Balaban J connectivity index is 2.04. The Kier molecular flexibility index (Phi) is 5.25. The molecule has 0 unspecified atom stereocenters. The van der Waals surface area contributed by atoms with Crippen molar-refractivity contribution in [2.24, 2.45) is 11.7 Å². The monoisotopic (exact) mass is 295 g/mol. The number of nitrogens with two attached hydrogens (primary N) is 1. The van der Waals surface area contributed by atoms with Gasteiger partial charge in [0.1, 0.15) is 0 Å². The van der Waals surface area contributed by atoms with Crippen molar-refractivity contribution in [3.8, 4) is 0 Å². The summed E-state index contributed by atoms with van der Waals surface area (Å²) in [5.74, 6) is 0.178. The molecule has 0 bridgehead atoms. The van der Waals surface area contributed by atoms with E-state index in [1.54, 1.807) is 6.92 Å². The van der Waals surface area contributed by atoms with Gasteiger partial charge in [0.15, 0.2) is 0 Å². The summed E-state index contributed by atoms with van der Waals surface area (Å²) in [4.78, 5) is 26.2. The third-order valence-electron chi connectivity index (χ3n) is 4.74. The number of amides is 2. The van der Waals surface area contributed by atoms with Crippen LogP contribution in [0.3, 0.4) is 0 Å². The molecule has 0 radical (unpaired) electrons. The zero-order valence-electron chi connectivity index (χ0n) is 13.5. The second-order valence-electron chi connectivity index (χ2n) is 6.89. The van der Waals surface area contributed by atoms with Gasteiger partial charge in [-0.3, -0.25) is 9.59 Å². The summed E-state index contributed by atoms with van der Waals surface area (Å²) in [7, 11) is 0. The van der Waals surface area contributed by atoms with Crippen LogP contribution in [0.15, 0.2) is 0 Å². The highest BCUT2D eigenvalue weighted by molar-refractivity contribution is 5.82. The van der Waals surface area contributed by atoms with E-state index in [0.717, 1.165) is 38.5 Å². The van der Waals surface area contributed by atoms with Crippen LogP contribution in [-0.4, -0.2) is 40.9 Å². The third-order valence-corrected chi connectivity index (χ3v) is 4.74. The second kappa shape index (κ2) is 6.77. The molecule has 0 saturated heterocycles. The van der Waals surface area contributed by atoms with Gasteiger partial charge in [0.05, 0.1) is 12.1 Å². The summed E-state index contributed by atoms with van der Waals surface area (Å²) in [5.41, 5.74) is 5.94. The molecule has 0 aromatic rings. The molecule has 5 nitrogen and oxygen atoms in total. The van der Waals surface area contributed by atoms with Gasteiger partial charge in [-0.2, -0.15) is 0 Å². The largest absolute Gasteiger partial charge is 0.350 e. The first kappa shape index (κ1) is 16.3. The summed E-state index contributed by atoms with van der Waals surface area (Å²) in [6, 6.07) is 0.121. The van der Waals surface area contributed by atoms with Crippen LogP contribution in [0, 0.1) is 5.92 Å². The summed E-state index contributed by atoms with van der Waals surface area (Å²) in [5, 5.41) is 3.11. The lowest BCUT2D eigenvalue weighted by atomic mass is 9.88. The normalized spacial score (nSPS) is 27.3. The first-order chi connectivity index (χ1) is 9.91. The Morgan fingerprint density at radius 3 is 2.29 bits per heavy atom. The molecule has 3 N–H and O–H groups in total. The molecule has 0 aliphatic heterocycles. The van der Waals surface area contributed by atoms with Gasteiger partial charge in [-0.1, -0.05) is 26.7 Å². The van der Waals surface area contributed by atoms with Crippen LogP contribution >= 0.6 is 0 Å². The minimum Gasteiger partial charge on any atom is -0.350 e. The van der Waals surface area contributed by atoms with Crippen LogP contribution in [0.4, 0.5) is 0 Å². The van der Waals surface area contributed by atoms with Crippen molar-refractivity contribution < 1.29 is 9.59 Å². The van der Waals surface area contributed by atoms with Gasteiger partial charge in [-0.15, -0.1) is 0 Å². The summed E-state index contributed by atoms with van der Waals surface area (Å²) >= 11 is 0. The van der Waals surface area contributed by atoms with E-state index in [1.807, 2.05) is 18.7 Å². The van der Waals surface area contributed by atoms with Gasteiger partial charge >= 0.3 is 0 Å². The second-order valence-corrected chi connectivity index (χ2v) is 6.89. The molecule has 5 heteroatoms. The topological polar surface area (TPSA) is 75.4 Å². The number of carbonyl (C=O) groups excluding carboxylic acids is 2. The number of nitrogens with zero attached hydrogens (tertiary/aromatic N) is 1. The highest BCUT2D eigenvalue weighted by atomic mass is 16.2. The van der Waals surface area contributed by atoms with Crippen LogP contribution in [0.5, 0.6) is 0 Å². The predicted molar refractivity (Wildman–Crippen MR) is 82.5 cm³/mol. The fraction of sp³-hybridized carbons (Fsp3) is 0.875. The van der Waals surface area contributed by atoms with Gasteiger partial charge in [0.2, 0.25) is 11.8 Å². The van der Waals surface area contributed by atoms with Crippen molar-refractivity contribution in [3.05, 3.63) is 0 Å². The van der Waals surface area contributed by atoms with E-state index in [-0.39, 0.29) is 29.8 Å². The lowest BCUT2D eigenvalue weighted by molar-refractivity contribution is -0.135. The number of rotatable bonds is 5. The van der Waals surface area contributed by atoms with Gasteiger partial charge in [-0.25, -0.2) is 0 Å². The van der Waals surface area contributed by atoms with Crippen LogP contribution in [0.2, 0.25) is 0 Å². The minimum absolute atomic E-state index is 0.0561. The van der Waals surface area contributed by atoms with E-state index in [2.05, 4.69) is 5.32 Å². The van der Waals surface area contributed by atoms with Gasteiger partial charge < -0.3 is 16.0 Å². The van der Waals surface area contributed by atoms with Crippen molar-refractivity contribution in [3.63, 3.8) is 0 Å². The maximum Gasteiger partial charge on any atom is 0.237 e. The van der Waals surface area contributed by atoms with Crippen molar-refractivity contribution in [2.75, 3.05) is 0 Å². The van der Waals surface area contributed by atoms with Gasteiger partial charge in [-0.05, 0) is 31.6 Å². The molecule has 0 spiro atoms. The molecule has 0 aromatic heterocycles. The summed E-state index contributed by atoms with van der Waals surface area (Å²) < 4.78 is 0. The smallest absolute Gasteiger partial charge is 0.237 e. The quantitative estimate of drug-likeness (QED) is 0.805. The SMILES string of the molecule is CC(=O)N(C1CC1)[C@@H]1CCCC[C@@H]1NC(=O)[C@@H](N)C(C)C. The molecule has 120 valence electrons. The molecule has 0 heterocycles. The van der Waals surface area contributed by atoms with E-state index in [9.17, 15) is 9.59 Å². The number of carbonyl (C=O) groups is 2. The lowest BCUT2D eigenvalue weighted by Gasteiger charge is -2.40. The Morgan fingerprint density at radius 2 is 1.76 bits per heavy atom. The summed E-state index contributed by atoms with van der Waals surface area (Å²) in [6.07, 6.45) is 6.36. The van der Waals surface area contributed by atoms with Crippen LogP contribution < -0.4 is 11.1 Å². The highest BCUT2D eigenvalue weighted by Gasteiger charge is 2.40. The molecule has 0 aromatic carbocycles. The molecule has 21 heavy (non-hydrogen) atoms. The number of hydrogen-bond donors (Lipinski definition) is 2. The van der Waals surface area contributed by atoms with Crippen LogP contribution in [-0.2, 0) is 9.59 Å². The minimum atomic E-state index is -0.473. The van der Waals surface area contributed by atoms with E-state index in [1.165, 1.54) is 0 Å². The van der Waals surface area contributed by atoms with Crippen molar-refractivity contribution >= 4 is 11.8 Å². The average molecular weight is 295 g/mol. The van der Waals surface area contributed by atoms with E-state index >= 15 is 0 Å². The average Bonchev–Trinajstić information content (AvgIpc) is 3.24. The van der Waals surface area contributed by atoms with E-state index in [4.69, 9.17) is 5.73 Å². The van der Waals surface area contributed by atoms with Crippen LogP contribution in [0.1, 0.15) is 59.3 Å². The summed E-state index contributed by atoms with van der Waals surface area (Å²) in [6.45, 7) is 5.55. The first-order valence-electron chi connectivity index (χ1n) is 8.26. The first-order valence-corrected chi connectivity index (χ1v) is 8.26. The zero-order chi connectivity index (χ0) is 15.6. The third kappa shape index (κ3) is 3.96. The highest BCUT2D eigenvalue weighted by Crippen LogP contribution is 2.34. The van der Waals surface area contributed by atoms with Gasteiger partial charge in [0, 0.05) is 19.0 Å². The molecule has 2 rings (SSSR count). The molecule has 3 atom stereocenters. The molecule has 2 aliphatic carbocycles. The van der Waals surface area contributed by atoms with Crippen LogP contribution in [0.25, 0.3) is 0 Å². The van der Waals surface area contributed by atoms with Crippen molar-refractivity contribution in [1.29, 1.82) is 0 Å². The fourth-order valence-corrected chi connectivity index (χ4v) is 3.31. The molecular weight excluding hydrogens is 266 g/mol. The van der Waals surface area contributed by atoms with Crippen molar-refractivity contribution in [2.45, 2.75) is 83.5 Å². The van der Waals surface area contributed by atoms with Gasteiger partial charge in [0.25, 0.3) is 0 Å². The fourth-order valence-electron chi connectivity index (χ4n) is 3.31.